The molecule has 60 heavy (non-hydrogen) atoms. The van der Waals surface area contributed by atoms with Crippen LogP contribution in [-0.2, 0) is 0 Å². The summed E-state index contributed by atoms with van der Waals surface area (Å²) in [5.74, 6) is 0. The molecule has 0 aliphatic carbocycles. The molecule has 0 fully saturated rings. The predicted molar refractivity (Wildman–Crippen MR) is 252 cm³/mol. The van der Waals surface area contributed by atoms with E-state index < -0.39 is 0 Å². The molecule has 10 aromatic carbocycles. The van der Waals surface area contributed by atoms with Crippen molar-refractivity contribution >= 4 is 110 Å². The molecule has 2 aromatic heterocycles. The maximum absolute atomic E-state index is 6.63. The van der Waals surface area contributed by atoms with Crippen molar-refractivity contribution in [3.05, 3.63) is 205 Å². The van der Waals surface area contributed by atoms with Crippen LogP contribution in [0.3, 0.4) is 0 Å². The third kappa shape index (κ3) is 5.68. The number of hydrogen-bond acceptors (Lipinski definition) is 4. The Morgan fingerprint density at radius 1 is 0.267 bits per heavy atom. The fraction of sp³-hybridized carbons (Fsp3) is 0.0357. The van der Waals surface area contributed by atoms with Gasteiger partial charge >= 0.3 is 0 Å². The fourth-order valence-corrected chi connectivity index (χ4v) is 9.04. The van der Waals surface area contributed by atoms with E-state index in [0.29, 0.717) is 0 Å². The summed E-state index contributed by atoms with van der Waals surface area (Å²) in [7, 11) is 0. The smallest absolute Gasteiger partial charge is 0.136 e. The molecule has 0 amide bonds. The van der Waals surface area contributed by atoms with Crippen LogP contribution >= 0.6 is 0 Å². The molecule has 0 radical (unpaired) electrons. The molecule has 4 heteroatoms. The fourth-order valence-electron chi connectivity index (χ4n) is 9.04. The van der Waals surface area contributed by atoms with Gasteiger partial charge in [0, 0.05) is 55.7 Å². The van der Waals surface area contributed by atoms with Gasteiger partial charge in [0.05, 0.1) is 0 Å². The highest BCUT2D eigenvalue weighted by Gasteiger charge is 2.18. The van der Waals surface area contributed by atoms with Crippen molar-refractivity contribution in [2.24, 2.45) is 0 Å². The van der Waals surface area contributed by atoms with E-state index in [-0.39, 0.29) is 0 Å². The molecule has 4 nitrogen and oxygen atoms in total. The summed E-state index contributed by atoms with van der Waals surface area (Å²) < 4.78 is 13.3. The predicted octanol–water partition coefficient (Wildman–Crippen LogP) is 16.5. The molecular weight excluding hydrogens is 733 g/mol. The quantitative estimate of drug-likeness (QED) is 0.169. The van der Waals surface area contributed by atoms with Crippen molar-refractivity contribution in [3.8, 4) is 0 Å². The van der Waals surface area contributed by atoms with Crippen molar-refractivity contribution in [2.45, 2.75) is 13.8 Å². The average molecular weight is 771 g/mol. The van der Waals surface area contributed by atoms with Crippen LogP contribution in [0.15, 0.2) is 203 Å². The van der Waals surface area contributed by atoms with Crippen LogP contribution in [0.25, 0.3) is 76.2 Å². The monoisotopic (exact) mass is 770 g/mol. The Morgan fingerprint density at radius 3 is 1.12 bits per heavy atom. The minimum Gasteiger partial charge on any atom is -0.456 e. The molecule has 0 N–H and O–H groups in total. The molecule has 0 bridgehead atoms. The van der Waals surface area contributed by atoms with Gasteiger partial charge in [-0.3, -0.25) is 0 Å². The number of anilines is 6. The lowest BCUT2D eigenvalue weighted by atomic mass is 10.0. The van der Waals surface area contributed by atoms with Gasteiger partial charge in [-0.2, -0.15) is 0 Å². The lowest BCUT2D eigenvalue weighted by Crippen LogP contribution is -2.09. The normalized spacial score (nSPS) is 11.8. The number of fused-ring (bicyclic) bond motifs is 9. The maximum Gasteiger partial charge on any atom is 0.136 e. The number of para-hydroxylation sites is 2. The summed E-state index contributed by atoms with van der Waals surface area (Å²) in [6, 6.07) is 69.7. The Kier molecular flexibility index (Phi) is 7.63. The molecule has 284 valence electrons. The molecule has 0 spiro atoms. The highest BCUT2D eigenvalue weighted by molar-refractivity contribution is 6.18. The van der Waals surface area contributed by atoms with E-state index in [1.165, 1.54) is 21.9 Å². The van der Waals surface area contributed by atoms with Crippen molar-refractivity contribution < 1.29 is 8.83 Å². The average Bonchev–Trinajstić information content (AvgIpc) is 3.80. The van der Waals surface area contributed by atoms with Gasteiger partial charge in [0.1, 0.15) is 22.3 Å². The molecule has 0 atom stereocenters. The van der Waals surface area contributed by atoms with Gasteiger partial charge < -0.3 is 18.6 Å². The first-order chi connectivity index (χ1) is 29.5. The Balaban J connectivity index is 0.946. The van der Waals surface area contributed by atoms with Crippen LogP contribution in [0, 0.1) is 13.8 Å². The van der Waals surface area contributed by atoms with Crippen LogP contribution in [0.4, 0.5) is 34.1 Å². The summed E-state index contributed by atoms with van der Waals surface area (Å²) in [6.07, 6.45) is 0. The molecule has 0 aliphatic heterocycles. The number of hydrogen-bond donors (Lipinski definition) is 0. The lowest BCUT2D eigenvalue weighted by molar-refractivity contribution is 0.669. The third-order valence-electron chi connectivity index (χ3n) is 12.0. The van der Waals surface area contributed by atoms with Crippen LogP contribution in [0.5, 0.6) is 0 Å². The molecule has 12 aromatic rings. The van der Waals surface area contributed by atoms with E-state index >= 15 is 0 Å². The number of rotatable bonds is 6. The second-order valence-corrected chi connectivity index (χ2v) is 16.0. The zero-order valence-electron chi connectivity index (χ0n) is 33.2. The first-order valence-corrected chi connectivity index (χ1v) is 20.5. The van der Waals surface area contributed by atoms with Gasteiger partial charge in [0.2, 0.25) is 0 Å². The van der Waals surface area contributed by atoms with E-state index in [0.717, 1.165) is 99.5 Å². The summed E-state index contributed by atoms with van der Waals surface area (Å²) in [4.78, 5) is 4.62. The van der Waals surface area contributed by atoms with Crippen molar-refractivity contribution in [3.63, 3.8) is 0 Å². The number of aryl methyl sites for hydroxylation is 2. The van der Waals surface area contributed by atoms with Crippen molar-refractivity contribution in [2.75, 3.05) is 9.80 Å². The Morgan fingerprint density at radius 2 is 0.633 bits per heavy atom. The van der Waals surface area contributed by atoms with E-state index in [1.807, 2.05) is 0 Å². The van der Waals surface area contributed by atoms with E-state index in [1.54, 1.807) is 0 Å². The van der Waals surface area contributed by atoms with Crippen LogP contribution in [0.1, 0.15) is 11.1 Å². The van der Waals surface area contributed by atoms with Crippen LogP contribution < -0.4 is 9.80 Å². The largest absolute Gasteiger partial charge is 0.456 e. The van der Waals surface area contributed by atoms with E-state index in [9.17, 15) is 0 Å². The lowest BCUT2D eigenvalue weighted by Gasteiger charge is -2.26. The topological polar surface area (TPSA) is 32.8 Å². The van der Waals surface area contributed by atoms with E-state index in [4.69, 9.17) is 8.83 Å². The van der Waals surface area contributed by atoms with Gasteiger partial charge in [-0.15, -0.1) is 0 Å². The first-order valence-electron chi connectivity index (χ1n) is 20.5. The van der Waals surface area contributed by atoms with Gasteiger partial charge in [-0.25, -0.2) is 0 Å². The Hall–Kier alpha value is -7.82. The molecule has 0 saturated carbocycles. The molecule has 0 saturated heterocycles. The third-order valence-corrected chi connectivity index (χ3v) is 12.0. The van der Waals surface area contributed by atoms with Crippen LogP contribution in [-0.4, -0.2) is 0 Å². The number of furan rings is 2. The number of nitrogens with zero attached hydrogens (tertiary/aromatic N) is 2. The molecule has 12 rings (SSSR count). The molecular formula is C56H38N2O2. The van der Waals surface area contributed by atoms with Crippen LogP contribution in [0.2, 0.25) is 0 Å². The molecule has 0 unspecified atom stereocenters. The number of benzene rings is 10. The second kappa shape index (κ2) is 13.4. The summed E-state index contributed by atoms with van der Waals surface area (Å²) in [6.45, 7) is 4.26. The SMILES string of the molecule is Cc1ccc(N(c2ccccc2)c2ccc3cc4c(cc3c2)oc2cc3cc5oc6cc7cc(N(c8ccccc8)c8cccc(C)c8)ccc7cc6c5cc3cc24)cc1. The first kappa shape index (κ1) is 34.2. The molecule has 2 heterocycles. The Labute approximate surface area is 346 Å². The standard InChI is InChI=1S/C56H38N2O2/c1-35-16-20-45(21-17-35)57(43-11-5-3-6-12-43)47-22-18-37-27-49-51-29-41-30-52-50-28-38-19-23-48(58(44-13-7-4-8-14-44)46-15-9-10-36(2)24-46)26-40(38)32-54(50)60-56(52)34-42(41)33-55(51)59-53(49)31-39(37)25-47/h3-34H,1-2H3. The second-order valence-electron chi connectivity index (χ2n) is 16.0. The van der Waals surface area contributed by atoms with Gasteiger partial charge in [0.25, 0.3) is 0 Å². The Bertz CT molecular complexity index is 3620. The summed E-state index contributed by atoms with van der Waals surface area (Å²) >= 11 is 0. The minimum absolute atomic E-state index is 0.865. The minimum atomic E-state index is 0.865. The zero-order valence-corrected chi connectivity index (χ0v) is 33.2. The maximum atomic E-state index is 6.63. The highest BCUT2D eigenvalue weighted by Crippen LogP contribution is 2.42. The van der Waals surface area contributed by atoms with Gasteiger partial charge in [0.15, 0.2) is 0 Å². The van der Waals surface area contributed by atoms with E-state index in [2.05, 4.69) is 218 Å². The summed E-state index contributed by atoms with van der Waals surface area (Å²) in [5.41, 5.74) is 12.6. The van der Waals surface area contributed by atoms with Gasteiger partial charge in [-0.05, 0) is 173 Å². The highest BCUT2D eigenvalue weighted by atomic mass is 16.3. The van der Waals surface area contributed by atoms with Gasteiger partial charge in [-0.1, -0.05) is 78.4 Å². The molecule has 0 aliphatic rings. The van der Waals surface area contributed by atoms with Crippen molar-refractivity contribution in [1.29, 1.82) is 0 Å². The summed E-state index contributed by atoms with van der Waals surface area (Å²) in [5, 5.41) is 11.3. The zero-order chi connectivity index (χ0) is 39.9. The van der Waals surface area contributed by atoms with Crippen molar-refractivity contribution in [1.82, 2.24) is 0 Å².